The van der Waals surface area contributed by atoms with E-state index in [0.29, 0.717) is 0 Å². The van der Waals surface area contributed by atoms with E-state index in [2.05, 4.69) is 13.0 Å². The van der Waals surface area contributed by atoms with Crippen LogP contribution < -0.4 is 0 Å². The molecule has 1 unspecified atom stereocenters. The van der Waals surface area contributed by atoms with Crippen LogP contribution in [0.15, 0.2) is 18.2 Å². The van der Waals surface area contributed by atoms with Gasteiger partial charge in [0.05, 0.1) is 0 Å². The summed E-state index contributed by atoms with van der Waals surface area (Å²) < 4.78 is 0. The second kappa shape index (κ2) is 6.20. The Morgan fingerprint density at radius 1 is 1.32 bits per heavy atom. The lowest BCUT2D eigenvalue weighted by Crippen LogP contribution is -2.27. The lowest BCUT2D eigenvalue weighted by atomic mass is 9.94. The van der Waals surface area contributed by atoms with Gasteiger partial charge in [0.2, 0.25) is 0 Å². The van der Waals surface area contributed by atoms with Crippen molar-refractivity contribution in [3.63, 3.8) is 0 Å². The van der Waals surface area contributed by atoms with E-state index in [-0.39, 0.29) is 18.4 Å². The molecule has 19 heavy (non-hydrogen) atoms. The first-order valence-corrected chi connectivity index (χ1v) is 7.13. The molecule has 1 heterocycles. The third kappa shape index (κ3) is 3.35. The number of benzene rings is 1. The van der Waals surface area contributed by atoms with Crippen molar-refractivity contribution in [2.75, 3.05) is 19.7 Å². The summed E-state index contributed by atoms with van der Waals surface area (Å²) >= 11 is 0. The van der Waals surface area contributed by atoms with Gasteiger partial charge in [-0.2, -0.15) is 0 Å². The minimum atomic E-state index is 0.152. The molecular weight excluding hydrogens is 238 g/mol. The van der Waals surface area contributed by atoms with Crippen molar-refractivity contribution in [1.29, 1.82) is 0 Å². The molecule has 0 spiro atoms. The predicted molar refractivity (Wildman–Crippen MR) is 76.4 cm³/mol. The molecule has 1 saturated heterocycles. The quantitative estimate of drug-likeness (QED) is 0.905. The van der Waals surface area contributed by atoms with Crippen molar-refractivity contribution in [2.24, 2.45) is 0 Å². The van der Waals surface area contributed by atoms with Gasteiger partial charge >= 0.3 is 0 Å². The molecule has 1 aromatic rings. The van der Waals surface area contributed by atoms with Crippen LogP contribution in [0, 0.1) is 6.92 Å². The first-order chi connectivity index (χ1) is 9.11. The second-order valence-corrected chi connectivity index (χ2v) is 5.55. The monoisotopic (exact) mass is 261 g/mol. The van der Waals surface area contributed by atoms with Gasteiger partial charge in [-0.1, -0.05) is 18.6 Å². The number of carbonyl (C=O) groups is 1. The SMILES string of the molecule is Cc1cc(C(=O)N2CCCC2)cc(C(C)CCO)c1. The van der Waals surface area contributed by atoms with E-state index in [1.54, 1.807) is 0 Å². The van der Waals surface area contributed by atoms with Crippen LogP contribution >= 0.6 is 0 Å². The molecule has 104 valence electrons. The van der Waals surface area contributed by atoms with Gasteiger partial charge in [-0.25, -0.2) is 0 Å². The topological polar surface area (TPSA) is 40.5 Å². The molecule has 1 atom stereocenters. The third-order valence-electron chi connectivity index (χ3n) is 3.87. The maximum absolute atomic E-state index is 12.4. The van der Waals surface area contributed by atoms with Gasteiger partial charge in [0.1, 0.15) is 0 Å². The van der Waals surface area contributed by atoms with Crippen LogP contribution in [0.4, 0.5) is 0 Å². The standard InChI is InChI=1S/C16H23NO2/c1-12-9-14(13(2)5-8-18)11-15(10-12)16(19)17-6-3-4-7-17/h9-11,13,18H,3-8H2,1-2H3. The number of likely N-dealkylation sites (tertiary alicyclic amines) is 1. The Balaban J connectivity index is 2.22. The zero-order valence-corrected chi connectivity index (χ0v) is 11.9. The summed E-state index contributed by atoms with van der Waals surface area (Å²) in [5.41, 5.74) is 3.06. The van der Waals surface area contributed by atoms with Crippen LogP contribution in [0.5, 0.6) is 0 Å². The van der Waals surface area contributed by atoms with Gasteiger partial charge in [0.15, 0.2) is 0 Å². The minimum Gasteiger partial charge on any atom is -0.396 e. The first-order valence-electron chi connectivity index (χ1n) is 7.13. The molecule has 2 rings (SSSR count). The fourth-order valence-corrected chi connectivity index (χ4v) is 2.68. The van der Waals surface area contributed by atoms with Gasteiger partial charge in [-0.05, 0) is 49.8 Å². The van der Waals surface area contributed by atoms with Gasteiger partial charge < -0.3 is 10.0 Å². The molecule has 0 aromatic heterocycles. The minimum absolute atomic E-state index is 0.152. The molecule has 1 amide bonds. The van der Waals surface area contributed by atoms with E-state index in [4.69, 9.17) is 5.11 Å². The van der Waals surface area contributed by atoms with Crippen LogP contribution in [-0.4, -0.2) is 35.6 Å². The van der Waals surface area contributed by atoms with E-state index in [1.807, 2.05) is 24.0 Å². The van der Waals surface area contributed by atoms with Crippen LogP contribution in [-0.2, 0) is 0 Å². The van der Waals surface area contributed by atoms with Crippen molar-refractivity contribution in [3.05, 3.63) is 34.9 Å². The summed E-state index contributed by atoms with van der Waals surface area (Å²) in [7, 11) is 0. The molecule has 3 heteroatoms. The first kappa shape index (κ1) is 14.1. The van der Waals surface area contributed by atoms with Crippen molar-refractivity contribution >= 4 is 5.91 Å². The van der Waals surface area contributed by atoms with Crippen LogP contribution in [0.25, 0.3) is 0 Å². The highest BCUT2D eigenvalue weighted by molar-refractivity contribution is 5.94. The zero-order chi connectivity index (χ0) is 13.8. The number of amides is 1. The fraction of sp³-hybridized carbons (Fsp3) is 0.562. The van der Waals surface area contributed by atoms with Crippen LogP contribution in [0.2, 0.25) is 0 Å². The molecule has 3 nitrogen and oxygen atoms in total. The number of carbonyl (C=O) groups excluding carboxylic acids is 1. The number of nitrogens with zero attached hydrogens (tertiary/aromatic N) is 1. The maximum atomic E-state index is 12.4. The van der Waals surface area contributed by atoms with Gasteiger partial charge in [-0.3, -0.25) is 4.79 Å². The Morgan fingerprint density at radius 3 is 2.63 bits per heavy atom. The Bertz CT molecular complexity index is 450. The zero-order valence-electron chi connectivity index (χ0n) is 11.9. The van der Waals surface area contributed by atoms with Gasteiger partial charge in [0.25, 0.3) is 5.91 Å². The number of hydrogen-bond donors (Lipinski definition) is 1. The van der Waals surface area contributed by atoms with Crippen molar-refractivity contribution in [3.8, 4) is 0 Å². The summed E-state index contributed by atoms with van der Waals surface area (Å²) in [6.07, 6.45) is 2.97. The maximum Gasteiger partial charge on any atom is 0.253 e. The number of aliphatic hydroxyl groups is 1. The largest absolute Gasteiger partial charge is 0.396 e. The third-order valence-corrected chi connectivity index (χ3v) is 3.87. The smallest absolute Gasteiger partial charge is 0.253 e. The van der Waals surface area contributed by atoms with E-state index in [0.717, 1.165) is 49.0 Å². The molecular formula is C16H23NO2. The Kier molecular flexibility index (Phi) is 4.59. The van der Waals surface area contributed by atoms with Gasteiger partial charge in [0, 0.05) is 25.3 Å². The molecule has 1 N–H and O–H groups in total. The normalized spacial score (nSPS) is 16.7. The molecule has 1 aliphatic heterocycles. The Labute approximate surface area is 115 Å². The Morgan fingerprint density at radius 2 is 2.00 bits per heavy atom. The molecule has 0 bridgehead atoms. The number of hydrogen-bond acceptors (Lipinski definition) is 2. The Hall–Kier alpha value is -1.35. The summed E-state index contributed by atoms with van der Waals surface area (Å²) in [4.78, 5) is 14.3. The number of rotatable bonds is 4. The summed E-state index contributed by atoms with van der Waals surface area (Å²) in [5.74, 6) is 0.439. The number of aryl methyl sites for hydroxylation is 1. The van der Waals surface area contributed by atoms with E-state index in [9.17, 15) is 4.79 Å². The highest BCUT2D eigenvalue weighted by Gasteiger charge is 2.20. The lowest BCUT2D eigenvalue weighted by Gasteiger charge is -2.18. The molecule has 1 aliphatic rings. The molecule has 1 aromatic carbocycles. The highest BCUT2D eigenvalue weighted by Crippen LogP contribution is 2.23. The average Bonchev–Trinajstić information content (AvgIpc) is 2.91. The average molecular weight is 261 g/mol. The van der Waals surface area contributed by atoms with E-state index in [1.165, 1.54) is 0 Å². The van der Waals surface area contributed by atoms with E-state index < -0.39 is 0 Å². The van der Waals surface area contributed by atoms with Crippen molar-refractivity contribution in [2.45, 2.75) is 39.0 Å². The molecule has 0 aliphatic carbocycles. The van der Waals surface area contributed by atoms with Crippen molar-refractivity contribution < 1.29 is 9.90 Å². The predicted octanol–water partition coefficient (Wildman–Crippen LogP) is 2.72. The van der Waals surface area contributed by atoms with Crippen molar-refractivity contribution in [1.82, 2.24) is 4.90 Å². The van der Waals surface area contributed by atoms with Gasteiger partial charge in [-0.15, -0.1) is 0 Å². The summed E-state index contributed by atoms with van der Waals surface area (Å²) in [5, 5.41) is 9.04. The molecule has 0 saturated carbocycles. The van der Waals surface area contributed by atoms with Crippen LogP contribution in [0.1, 0.15) is 53.6 Å². The fourth-order valence-electron chi connectivity index (χ4n) is 2.68. The second-order valence-electron chi connectivity index (χ2n) is 5.55. The lowest BCUT2D eigenvalue weighted by molar-refractivity contribution is 0.0792. The molecule has 1 fully saturated rings. The summed E-state index contributed by atoms with van der Waals surface area (Å²) in [6.45, 7) is 6.07. The highest BCUT2D eigenvalue weighted by atomic mass is 16.3. The summed E-state index contributed by atoms with van der Waals surface area (Å²) in [6, 6.07) is 6.07. The molecule has 0 radical (unpaired) electrons. The van der Waals surface area contributed by atoms with Crippen LogP contribution in [0.3, 0.4) is 0 Å². The van der Waals surface area contributed by atoms with E-state index >= 15 is 0 Å². The number of aliphatic hydroxyl groups excluding tert-OH is 1.